The van der Waals surface area contributed by atoms with E-state index in [1.165, 1.54) is 17.8 Å². The summed E-state index contributed by atoms with van der Waals surface area (Å²) in [7, 11) is 0. The number of carbonyl (C=O) groups excluding carboxylic acids is 3. The second-order valence-electron chi connectivity index (χ2n) is 9.94. The number of nitrogens with zero attached hydrogens (tertiary/aromatic N) is 3. The van der Waals surface area contributed by atoms with Crippen molar-refractivity contribution in [1.82, 2.24) is 14.7 Å². The molecular formula is C29H37ClFN3O4S. The number of ether oxygens (including phenoxy) is 1. The molecule has 0 N–H and O–H groups in total. The van der Waals surface area contributed by atoms with E-state index >= 15 is 0 Å². The molecule has 0 amide bonds. The van der Waals surface area contributed by atoms with Crippen LogP contribution in [0.1, 0.15) is 69.7 Å². The number of thioether (sulfide) groups is 1. The van der Waals surface area contributed by atoms with E-state index in [-0.39, 0.29) is 46.3 Å². The van der Waals surface area contributed by atoms with Crippen molar-refractivity contribution in [1.29, 1.82) is 0 Å². The number of carbonyl (C=O) groups is 3. The molecule has 4 rings (SSSR count). The lowest BCUT2D eigenvalue weighted by Crippen LogP contribution is -2.43. The Bertz CT molecular complexity index is 1180. The average Bonchev–Trinajstić information content (AvgIpc) is 3.64. The molecule has 0 radical (unpaired) electrons. The van der Waals surface area contributed by atoms with Crippen LogP contribution >= 0.6 is 24.2 Å². The molecule has 1 aromatic heterocycles. The van der Waals surface area contributed by atoms with Gasteiger partial charge in [0.05, 0.1) is 18.3 Å². The van der Waals surface area contributed by atoms with Crippen LogP contribution in [0.4, 0.5) is 4.39 Å². The van der Waals surface area contributed by atoms with Gasteiger partial charge in [-0.1, -0.05) is 30.0 Å². The fraction of sp³-hybridized carbons (Fsp3) is 0.517. The highest BCUT2D eigenvalue weighted by molar-refractivity contribution is 8.14. The Hall–Kier alpha value is -2.49. The molecule has 1 saturated heterocycles. The van der Waals surface area contributed by atoms with Gasteiger partial charge in [-0.3, -0.25) is 24.0 Å². The van der Waals surface area contributed by atoms with Gasteiger partial charge in [-0.05, 0) is 62.8 Å². The summed E-state index contributed by atoms with van der Waals surface area (Å²) in [5, 5.41) is 4.70. The zero-order valence-electron chi connectivity index (χ0n) is 22.5. The summed E-state index contributed by atoms with van der Waals surface area (Å²) in [6.45, 7) is 5.52. The summed E-state index contributed by atoms with van der Waals surface area (Å²) >= 11 is 1.30. The number of likely N-dealkylation sites (tertiary alicyclic amines) is 1. The Labute approximate surface area is 239 Å². The summed E-state index contributed by atoms with van der Waals surface area (Å²) in [6.07, 6.45) is 8.25. The topological polar surface area (TPSA) is 81.5 Å². The molecule has 2 heterocycles. The molecular weight excluding hydrogens is 541 g/mol. The smallest absolute Gasteiger partial charge is 0.305 e. The highest BCUT2D eigenvalue weighted by Crippen LogP contribution is 2.40. The summed E-state index contributed by atoms with van der Waals surface area (Å²) in [5.41, 5.74) is 2.21. The number of benzene rings is 1. The summed E-state index contributed by atoms with van der Waals surface area (Å²) in [6, 6.07) is 7.84. The van der Waals surface area contributed by atoms with Gasteiger partial charge in [0.1, 0.15) is 5.82 Å². The first kappa shape index (κ1) is 31.0. The van der Waals surface area contributed by atoms with Crippen LogP contribution in [0, 0.1) is 11.7 Å². The predicted molar refractivity (Wildman–Crippen MR) is 153 cm³/mol. The second kappa shape index (κ2) is 14.8. The molecule has 2 fully saturated rings. The number of esters is 1. The van der Waals surface area contributed by atoms with E-state index in [2.05, 4.69) is 10.00 Å². The molecule has 2 unspecified atom stereocenters. The molecule has 7 nitrogen and oxygen atoms in total. The van der Waals surface area contributed by atoms with Crippen LogP contribution in [0.3, 0.4) is 0 Å². The maximum absolute atomic E-state index is 14.9. The largest absolute Gasteiger partial charge is 0.466 e. The highest BCUT2D eigenvalue weighted by atomic mass is 35.5. The van der Waals surface area contributed by atoms with E-state index in [9.17, 15) is 18.8 Å². The van der Waals surface area contributed by atoms with Crippen molar-refractivity contribution >= 4 is 47.1 Å². The van der Waals surface area contributed by atoms with E-state index < -0.39 is 6.04 Å². The molecule has 1 saturated carbocycles. The van der Waals surface area contributed by atoms with E-state index in [1.54, 1.807) is 32.0 Å². The van der Waals surface area contributed by atoms with Gasteiger partial charge in [0.2, 0.25) is 0 Å². The molecule has 2 aliphatic rings. The molecule has 10 heteroatoms. The van der Waals surface area contributed by atoms with Gasteiger partial charge in [0.15, 0.2) is 10.9 Å². The molecule has 1 aromatic carbocycles. The van der Waals surface area contributed by atoms with Crippen LogP contribution in [0.5, 0.6) is 0 Å². The van der Waals surface area contributed by atoms with Crippen LogP contribution < -0.4 is 0 Å². The third-order valence-corrected chi connectivity index (χ3v) is 8.07. The maximum atomic E-state index is 14.9. The van der Waals surface area contributed by atoms with Gasteiger partial charge in [0, 0.05) is 55.9 Å². The lowest BCUT2D eigenvalue weighted by Gasteiger charge is -2.38. The van der Waals surface area contributed by atoms with Crippen LogP contribution in [-0.4, -0.2) is 56.5 Å². The van der Waals surface area contributed by atoms with Crippen molar-refractivity contribution in [2.75, 3.05) is 19.7 Å². The lowest BCUT2D eigenvalue weighted by atomic mass is 9.93. The molecule has 2 atom stereocenters. The Kier molecular flexibility index (Phi) is 11.8. The van der Waals surface area contributed by atoms with E-state index in [1.807, 2.05) is 23.0 Å². The highest BCUT2D eigenvalue weighted by Gasteiger charge is 2.41. The Morgan fingerprint density at radius 2 is 1.95 bits per heavy atom. The third kappa shape index (κ3) is 8.75. The number of halogens is 2. The lowest BCUT2D eigenvalue weighted by molar-refractivity contribution is -0.143. The Morgan fingerprint density at radius 1 is 1.18 bits per heavy atom. The second-order valence-corrected chi connectivity index (χ2v) is 11.3. The number of aromatic nitrogens is 2. The Balaban J connectivity index is 0.00000420. The number of rotatable bonds is 12. The van der Waals surface area contributed by atoms with E-state index in [4.69, 9.17) is 4.74 Å². The van der Waals surface area contributed by atoms with Gasteiger partial charge in [-0.15, -0.1) is 12.4 Å². The van der Waals surface area contributed by atoms with E-state index in [0.29, 0.717) is 44.6 Å². The maximum Gasteiger partial charge on any atom is 0.305 e. The summed E-state index contributed by atoms with van der Waals surface area (Å²) in [5.74, 6) is -0.461. The van der Waals surface area contributed by atoms with Crippen molar-refractivity contribution in [2.45, 2.75) is 70.2 Å². The molecule has 212 valence electrons. The number of aryl methyl sites for hydroxylation is 1. The minimum atomic E-state index is -0.632. The Morgan fingerprint density at radius 3 is 2.64 bits per heavy atom. The van der Waals surface area contributed by atoms with Gasteiger partial charge < -0.3 is 4.74 Å². The van der Waals surface area contributed by atoms with Gasteiger partial charge in [0.25, 0.3) is 0 Å². The van der Waals surface area contributed by atoms with E-state index in [0.717, 1.165) is 37.0 Å². The van der Waals surface area contributed by atoms with Crippen LogP contribution in [0.15, 0.2) is 42.1 Å². The van der Waals surface area contributed by atoms with Crippen molar-refractivity contribution in [3.05, 3.63) is 59.2 Å². The summed E-state index contributed by atoms with van der Waals surface area (Å²) in [4.78, 5) is 39.0. The van der Waals surface area contributed by atoms with Gasteiger partial charge in [-0.2, -0.15) is 5.10 Å². The average molecular weight is 578 g/mol. The number of ketones is 1. The SMILES string of the molecule is CCOC(=O)CCCCn1ccc(/C=C2/CN(C(C(=O)C3CC3)c3ccccc3F)CCC2SC(C)=O)n1.Cl. The van der Waals surface area contributed by atoms with Crippen molar-refractivity contribution in [3.63, 3.8) is 0 Å². The van der Waals surface area contributed by atoms with Gasteiger partial charge >= 0.3 is 5.97 Å². The zero-order valence-corrected chi connectivity index (χ0v) is 24.1. The quantitative estimate of drug-likeness (QED) is 0.239. The number of piperidine rings is 1. The minimum Gasteiger partial charge on any atom is -0.466 e. The molecule has 0 spiro atoms. The number of hydrogen-bond donors (Lipinski definition) is 0. The fourth-order valence-electron chi connectivity index (χ4n) is 4.94. The van der Waals surface area contributed by atoms with Crippen molar-refractivity contribution < 1.29 is 23.5 Å². The molecule has 39 heavy (non-hydrogen) atoms. The van der Waals surface area contributed by atoms with Crippen molar-refractivity contribution in [3.8, 4) is 0 Å². The minimum absolute atomic E-state index is 0. The monoisotopic (exact) mass is 577 g/mol. The first-order valence-electron chi connectivity index (χ1n) is 13.4. The predicted octanol–water partition coefficient (Wildman–Crippen LogP) is 5.64. The molecule has 1 aliphatic heterocycles. The first-order valence-corrected chi connectivity index (χ1v) is 14.3. The fourth-order valence-corrected chi connectivity index (χ4v) is 5.86. The van der Waals surface area contributed by atoms with Crippen LogP contribution in [0.25, 0.3) is 6.08 Å². The normalized spacial score (nSPS) is 19.4. The standard InChI is InChI=1S/C29H36FN3O4S.ClH/c1-3-37-27(35)10-6-7-15-33-17-13-23(31-33)18-22-19-32(16-14-26(22)38-20(2)34)28(29(36)21-11-12-21)24-8-4-5-9-25(24)30;/h4-5,8-9,13,17-18,21,26,28H,3,6-7,10-12,14-16,19H2,1-2H3;1H/b22-18-;. The number of Topliss-reactive ketones (excluding diaryl/α,β-unsaturated/α-hetero) is 1. The van der Waals surface area contributed by atoms with Crippen LogP contribution in [0.2, 0.25) is 0 Å². The van der Waals surface area contributed by atoms with Crippen LogP contribution in [-0.2, 0) is 25.7 Å². The van der Waals surface area contributed by atoms with Gasteiger partial charge in [-0.25, -0.2) is 4.39 Å². The third-order valence-electron chi connectivity index (χ3n) is 6.92. The molecule has 2 aromatic rings. The zero-order chi connectivity index (χ0) is 27.1. The molecule has 1 aliphatic carbocycles. The number of unbranched alkanes of at least 4 members (excludes halogenated alkanes) is 1. The molecule has 0 bridgehead atoms. The summed E-state index contributed by atoms with van der Waals surface area (Å²) < 4.78 is 21.7. The number of hydrogen-bond acceptors (Lipinski definition) is 7. The van der Waals surface area contributed by atoms with Crippen molar-refractivity contribution in [2.24, 2.45) is 5.92 Å². The first-order chi connectivity index (χ1) is 18.4.